The summed E-state index contributed by atoms with van der Waals surface area (Å²) in [7, 11) is 0. The Morgan fingerprint density at radius 2 is 2.13 bits per heavy atom. The molecule has 1 aliphatic rings. The van der Waals surface area contributed by atoms with Crippen LogP contribution in [0.2, 0.25) is 5.02 Å². The molecule has 120 valence electrons. The first-order valence-corrected chi connectivity index (χ1v) is 9.02. The van der Waals surface area contributed by atoms with Crippen molar-refractivity contribution < 1.29 is 4.79 Å². The van der Waals surface area contributed by atoms with E-state index in [4.69, 9.17) is 11.6 Å². The molecule has 3 nitrogen and oxygen atoms in total. The zero-order chi connectivity index (χ0) is 16.2. The van der Waals surface area contributed by atoms with Gasteiger partial charge in [0.05, 0.1) is 12.2 Å². The van der Waals surface area contributed by atoms with Crippen molar-refractivity contribution in [1.29, 1.82) is 0 Å². The first-order valence-electron chi connectivity index (χ1n) is 7.66. The molecule has 0 bridgehead atoms. The van der Waals surface area contributed by atoms with Gasteiger partial charge in [-0.25, -0.2) is 0 Å². The first-order chi connectivity index (χ1) is 11.1. The Hall–Kier alpha value is -1.65. The summed E-state index contributed by atoms with van der Waals surface area (Å²) in [5.41, 5.74) is 2.94. The van der Waals surface area contributed by atoms with Crippen LogP contribution in [-0.2, 0) is 4.79 Å². The van der Waals surface area contributed by atoms with E-state index in [0.717, 1.165) is 35.7 Å². The number of thioether (sulfide) groups is 1. The van der Waals surface area contributed by atoms with E-state index in [0.29, 0.717) is 11.6 Å². The fourth-order valence-electron chi connectivity index (χ4n) is 2.69. The average molecular weight is 347 g/mol. The molecule has 2 aromatic carbocycles. The highest BCUT2D eigenvalue weighted by Crippen LogP contribution is 2.33. The standard InChI is InChI=1S/C18H19ClN2OS/c1-13-11-14(19)7-8-15(13)20-18(22)12-21-9-4-10-23-17-6-3-2-5-16(17)21/h2-3,5-8,11H,4,9-10,12H2,1H3,(H,20,22). The molecule has 0 saturated heterocycles. The maximum atomic E-state index is 12.4. The molecule has 2 aromatic rings. The number of amides is 1. The van der Waals surface area contributed by atoms with Crippen LogP contribution in [0.5, 0.6) is 0 Å². The molecule has 0 saturated carbocycles. The largest absolute Gasteiger partial charge is 0.361 e. The molecule has 1 aliphatic heterocycles. The molecule has 0 aliphatic carbocycles. The predicted octanol–water partition coefficient (Wildman–Crippen LogP) is 4.59. The van der Waals surface area contributed by atoms with Gasteiger partial charge >= 0.3 is 0 Å². The lowest BCUT2D eigenvalue weighted by molar-refractivity contribution is -0.115. The molecule has 0 radical (unpaired) electrons. The number of anilines is 2. The number of aryl methyl sites for hydroxylation is 1. The first kappa shape index (κ1) is 16.2. The quantitative estimate of drug-likeness (QED) is 0.882. The summed E-state index contributed by atoms with van der Waals surface area (Å²) in [6.45, 7) is 3.20. The molecule has 0 unspecified atom stereocenters. The number of carbonyl (C=O) groups is 1. The van der Waals surface area contributed by atoms with Crippen molar-refractivity contribution >= 4 is 40.6 Å². The van der Waals surface area contributed by atoms with Gasteiger partial charge in [0.15, 0.2) is 0 Å². The highest BCUT2D eigenvalue weighted by Gasteiger charge is 2.18. The number of nitrogens with zero attached hydrogens (tertiary/aromatic N) is 1. The van der Waals surface area contributed by atoms with E-state index >= 15 is 0 Å². The second kappa shape index (κ2) is 7.28. The van der Waals surface area contributed by atoms with Crippen molar-refractivity contribution in [1.82, 2.24) is 0 Å². The van der Waals surface area contributed by atoms with Crippen molar-refractivity contribution in [3.63, 3.8) is 0 Å². The minimum absolute atomic E-state index is 0.00266. The molecule has 3 rings (SSSR count). The van der Waals surface area contributed by atoms with Crippen molar-refractivity contribution in [3.05, 3.63) is 53.1 Å². The van der Waals surface area contributed by atoms with Gasteiger partial charge in [-0.15, -0.1) is 11.8 Å². The summed E-state index contributed by atoms with van der Waals surface area (Å²) in [4.78, 5) is 15.9. The third-order valence-electron chi connectivity index (χ3n) is 3.83. The van der Waals surface area contributed by atoms with Crippen LogP contribution in [0.25, 0.3) is 0 Å². The number of carbonyl (C=O) groups excluding carboxylic acids is 1. The maximum absolute atomic E-state index is 12.4. The van der Waals surface area contributed by atoms with E-state index < -0.39 is 0 Å². The molecule has 0 fully saturated rings. The Bertz CT molecular complexity index is 720. The highest BCUT2D eigenvalue weighted by atomic mass is 35.5. The number of nitrogens with one attached hydrogen (secondary N) is 1. The second-order valence-electron chi connectivity index (χ2n) is 5.60. The van der Waals surface area contributed by atoms with Gasteiger partial charge in [0.1, 0.15) is 0 Å². The fourth-order valence-corrected chi connectivity index (χ4v) is 3.93. The molecule has 0 spiro atoms. The van der Waals surface area contributed by atoms with E-state index in [2.05, 4.69) is 22.3 Å². The average Bonchev–Trinajstić information content (AvgIpc) is 2.73. The smallest absolute Gasteiger partial charge is 0.243 e. The van der Waals surface area contributed by atoms with Crippen molar-refractivity contribution in [2.24, 2.45) is 0 Å². The number of hydrogen-bond acceptors (Lipinski definition) is 3. The molecule has 1 N–H and O–H groups in total. The molecule has 5 heteroatoms. The number of hydrogen-bond donors (Lipinski definition) is 1. The van der Waals surface area contributed by atoms with Gasteiger partial charge in [-0.2, -0.15) is 0 Å². The van der Waals surface area contributed by atoms with Crippen LogP contribution in [0.4, 0.5) is 11.4 Å². The summed E-state index contributed by atoms with van der Waals surface area (Å²) < 4.78 is 0. The summed E-state index contributed by atoms with van der Waals surface area (Å²) in [6, 6.07) is 13.8. The molecule has 1 heterocycles. The molecule has 0 aromatic heterocycles. The van der Waals surface area contributed by atoms with Crippen LogP contribution in [0, 0.1) is 6.92 Å². The fraction of sp³-hybridized carbons (Fsp3) is 0.278. The van der Waals surface area contributed by atoms with Crippen LogP contribution < -0.4 is 10.2 Å². The minimum Gasteiger partial charge on any atom is -0.361 e. The number of benzene rings is 2. The lowest BCUT2D eigenvalue weighted by Gasteiger charge is -2.24. The van der Waals surface area contributed by atoms with Gasteiger partial charge in [0, 0.05) is 22.2 Å². The predicted molar refractivity (Wildman–Crippen MR) is 98.8 cm³/mol. The van der Waals surface area contributed by atoms with Gasteiger partial charge in [-0.3, -0.25) is 4.79 Å². The van der Waals surface area contributed by atoms with Crippen molar-refractivity contribution in [2.75, 3.05) is 29.1 Å². The van der Waals surface area contributed by atoms with Crippen LogP contribution in [0.3, 0.4) is 0 Å². The summed E-state index contributed by atoms with van der Waals surface area (Å²) >= 11 is 7.82. The van der Waals surface area contributed by atoms with Crippen molar-refractivity contribution in [2.45, 2.75) is 18.2 Å². The third-order valence-corrected chi connectivity index (χ3v) is 5.22. The molecular formula is C18H19ClN2OS. The highest BCUT2D eigenvalue weighted by molar-refractivity contribution is 7.99. The second-order valence-corrected chi connectivity index (χ2v) is 7.17. The van der Waals surface area contributed by atoms with E-state index in [1.807, 2.05) is 43.0 Å². The van der Waals surface area contributed by atoms with Gasteiger partial charge in [0.2, 0.25) is 5.91 Å². The van der Waals surface area contributed by atoms with Gasteiger partial charge in [0.25, 0.3) is 0 Å². The van der Waals surface area contributed by atoms with E-state index in [1.165, 1.54) is 4.90 Å². The normalized spacial score (nSPS) is 14.1. The summed E-state index contributed by atoms with van der Waals surface area (Å²) in [5, 5.41) is 3.67. The Kier molecular flexibility index (Phi) is 5.13. The van der Waals surface area contributed by atoms with Crippen LogP contribution in [0.15, 0.2) is 47.4 Å². The van der Waals surface area contributed by atoms with E-state index in [9.17, 15) is 4.79 Å². The summed E-state index contributed by atoms with van der Waals surface area (Å²) in [5.74, 6) is 1.09. The summed E-state index contributed by atoms with van der Waals surface area (Å²) in [6.07, 6.45) is 1.08. The van der Waals surface area contributed by atoms with Crippen LogP contribution in [0.1, 0.15) is 12.0 Å². The lowest BCUT2D eigenvalue weighted by Crippen LogP contribution is -2.34. The molecular weight excluding hydrogens is 328 g/mol. The van der Waals surface area contributed by atoms with Gasteiger partial charge < -0.3 is 10.2 Å². The Morgan fingerprint density at radius 3 is 2.96 bits per heavy atom. The van der Waals surface area contributed by atoms with Crippen LogP contribution >= 0.6 is 23.4 Å². The number of fused-ring (bicyclic) bond motifs is 1. The SMILES string of the molecule is Cc1cc(Cl)ccc1NC(=O)CN1CCCSc2ccccc21. The lowest BCUT2D eigenvalue weighted by atomic mass is 10.2. The van der Waals surface area contributed by atoms with E-state index in [1.54, 1.807) is 6.07 Å². The van der Waals surface area contributed by atoms with Gasteiger partial charge in [-0.05, 0) is 55.0 Å². The maximum Gasteiger partial charge on any atom is 0.243 e. The van der Waals surface area contributed by atoms with Crippen molar-refractivity contribution in [3.8, 4) is 0 Å². The number of para-hydroxylation sites is 1. The molecule has 23 heavy (non-hydrogen) atoms. The van der Waals surface area contributed by atoms with Gasteiger partial charge in [-0.1, -0.05) is 23.7 Å². The molecule has 1 amide bonds. The van der Waals surface area contributed by atoms with Crippen LogP contribution in [-0.4, -0.2) is 24.7 Å². The molecule has 0 atom stereocenters. The minimum atomic E-state index is -0.00266. The Morgan fingerprint density at radius 1 is 1.30 bits per heavy atom. The zero-order valence-corrected chi connectivity index (χ0v) is 14.6. The topological polar surface area (TPSA) is 32.3 Å². The monoisotopic (exact) mass is 346 g/mol. The zero-order valence-electron chi connectivity index (χ0n) is 13.0. The number of halogens is 1. The Labute approximate surface area is 146 Å². The Balaban J connectivity index is 1.72. The third kappa shape index (κ3) is 4.01. The van der Waals surface area contributed by atoms with E-state index in [-0.39, 0.29) is 5.91 Å². The number of rotatable bonds is 3.